The summed E-state index contributed by atoms with van der Waals surface area (Å²) in [5, 5.41) is 7.40. The van der Waals surface area contributed by atoms with Crippen LogP contribution in [0, 0.1) is 0 Å². The molecular formula is C23H25N5O2. The molecule has 0 spiro atoms. The van der Waals surface area contributed by atoms with E-state index in [0.717, 1.165) is 36.2 Å². The molecule has 0 unspecified atom stereocenters. The van der Waals surface area contributed by atoms with Crippen LogP contribution < -0.4 is 5.32 Å². The quantitative estimate of drug-likeness (QED) is 0.726. The third kappa shape index (κ3) is 4.10. The normalized spacial score (nSPS) is 13.1. The molecular weight excluding hydrogens is 378 g/mol. The van der Waals surface area contributed by atoms with Crippen LogP contribution >= 0.6 is 0 Å². The van der Waals surface area contributed by atoms with Gasteiger partial charge in [-0.1, -0.05) is 24.3 Å². The lowest BCUT2D eigenvalue weighted by Gasteiger charge is -2.26. The largest absolute Gasteiger partial charge is 0.338 e. The van der Waals surface area contributed by atoms with E-state index in [-0.39, 0.29) is 11.8 Å². The third-order valence-electron chi connectivity index (χ3n) is 5.50. The molecule has 154 valence electrons. The molecule has 0 saturated carbocycles. The molecule has 0 saturated heterocycles. The van der Waals surface area contributed by atoms with E-state index in [1.165, 1.54) is 23.7 Å². The van der Waals surface area contributed by atoms with Gasteiger partial charge in [-0.15, -0.1) is 0 Å². The summed E-state index contributed by atoms with van der Waals surface area (Å²) in [6, 6.07) is 12.1. The van der Waals surface area contributed by atoms with Gasteiger partial charge < -0.3 is 10.2 Å². The molecule has 7 nitrogen and oxygen atoms in total. The fraction of sp³-hybridized carbons (Fsp3) is 0.304. The number of hydrogen-bond donors (Lipinski definition) is 1. The molecule has 4 rings (SSSR count). The molecule has 2 aromatic heterocycles. The number of fused-ring (bicyclic) bond motifs is 1. The Labute approximate surface area is 175 Å². The average Bonchev–Trinajstić information content (AvgIpc) is 3.03. The molecule has 0 aliphatic carbocycles. The lowest BCUT2D eigenvalue weighted by molar-refractivity contribution is -0.129. The number of carbonyl (C=O) groups is 2. The lowest BCUT2D eigenvalue weighted by atomic mass is 9.99. The van der Waals surface area contributed by atoms with E-state index < -0.39 is 0 Å². The first-order chi connectivity index (χ1) is 14.4. The monoisotopic (exact) mass is 403 g/mol. The van der Waals surface area contributed by atoms with Crippen molar-refractivity contribution in [2.45, 2.75) is 33.2 Å². The second-order valence-corrected chi connectivity index (χ2v) is 7.67. The van der Waals surface area contributed by atoms with Crippen LogP contribution in [0.3, 0.4) is 0 Å². The number of hydrogen-bond acceptors (Lipinski definition) is 4. The summed E-state index contributed by atoms with van der Waals surface area (Å²) in [6.07, 6.45) is 3.33. The summed E-state index contributed by atoms with van der Waals surface area (Å²) in [5.74, 6) is 0.517. The van der Waals surface area contributed by atoms with Crippen molar-refractivity contribution in [3.63, 3.8) is 0 Å². The van der Waals surface area contributed by atoms with Gasteiger partial charge in [0.2, 0.25) is 11.8 Å². The van der Waals surface area contributed by atoms with E-state index in [1.54, 1.807) is 19.2 Å². The number of nitrogens with one attached hydrogen (secondary N) is 1. The van der Waals surface area contributed by atoms with Crippen molar-refractivity contribution in [3.05, 3.63) is 65.1 Å². The highest BCUT2D eigenvalue weighted by molar-refractivity contribution is 5.87. The molecule has 30 heavy (non-hydrogen) atoms. The number of benzene rings is 1. The van der Waals surface area contributed by atoms with E-state index in [9.17, 15) is 9.59 Å². The van der Waals surface area contributed by atoms with Crippen LogP contribution in [-0.2, 0) is 36.0 Å². The highest BCUT2D eigenvalue weighted by Crippen LogP contribution is 2.25. The van der Waals surface area contributed by atoms with Gasteiger partial charge in [-0.2, -0.15) is 5.10 Å². The van der Waals surface area contributed by atoms with Crippen LogP contribution in [0.5, 0.6) is 0 Å². The third-order valence-corrected chi connectivity index (χ3v) is 5.50. The van der Waals surface area contributed by atoms with Gasteiger partial charge in [0, 0.05) is 69.8 Å². The summed E-state index contributed by atoms with van der Waals surface area (Å²) >= 11 is 0. The highest BCUT2D eigenvalue weighted by atomic mass is 16.2. The van der Waals surface area contributed by atoms with E-state index in [1.807, 2.05) is 22.7 Å². The Kier molecular flexibility index (Phi) is 5.35. The smallest absolute Gasteiger partial charge is 0.222 e. The molecule has 0 atom stereocenters. The molecule has 1 aromatic carbocycles. The number of anilines is 1. The zero-order valence-electron chi connectivity index (χ0n) is 17.5. The molecule has 1 aliphatic rings. The Bertz CT molecular complexity index is 1080. The molecule has 3 heterocycles. The summed E-state index contributed by atoms with van der Waals surface area (Å²) < 4.78 is 1.96. The van der Waals surface area contributed by atoms with Crippen LogP contribution in [0.4, 0.5) is 5.82 Å². The van der Waals surface area contributed by atoms with Gasteiger partial charge in [0.05, 0.1) is 5.69 Å². The second kappa shape index (κ2) is 8.10. The minimum atomic E-state index is -0.136. The predicted octanol–water partition coefficient (Wildman–Crippen LogP) is 2.94. The molecule has 1 N–H and O–H groups in total. The van der Waals surface area contributed by atoms with Crippen molar-refractivity contribution in [2.75, 3.05) is 11.9 Å². The minimum absolute atomic E-state index is 0.109. The van der Waals surface area contributed by atoms with E-state index in [4.69, 9.17) is 5.10 Å². The average molecular weight is 403 g/mol. The van der Waals surface area contributed by atoms with Crippen molar-refractivity contribution in [1.82, 2.24) is 19.7 Å². The topological polar surface area (TPSA) is 80.1 Å². The van der Waals surface area contributed by atoms with Crippen molar-refractivity contribution < 1.29 is 9.59 Å². The van der Waals surface area contributed by atoms with Crippen molar-refractivity contribution >= 4 is 17.6 Å². The fourth-order valence-corrected chi connectivity index (χ4v) is 3.91. The minimum Gasteiger partial charge on any atom is -0.338 e. The Hall–Kier alpha value is -3.48. The number of aromatic nitrogens is 3. The zero-order valence-corrected chi connectivity index (χ0v) is 17.5. The van der Waals surface area contributed by atoms with Crippen LogP contribution in [0.2, 0.25) is 0 Å². The molecule has 1 aliphatic heterocycles. The van der Waals surface area contributed by atoms with Gasteiger partial charge in [-0.25, -0.2) is 4.98 Å². The van der Waals surface area contributed by atoms with Crippen LogP contribution in [0.1, 0.15) is 36.4 Å². The Morgan fingerprint density at radius 3 is 2.43 bits per heavy atom. The first-order valence-corrected chi connectivity index (χ1v) is 10.0. The first kappa shape index (κ1) is 19.8. The first-order valence-electron chi connectivity index (χ1n) is 10.0. The summed E-state index contributed by atoms with van der Waals surface area (Å²) in [5.41, 5.74) is 6.66. The predicted molar refractivity (Wildman–Crippen MR) is 115 cm³/mol. The van der Waals surface area contributed by atoms with Crippen molar-refractivity contribution in [2.24, 2.45) is 7.05 Å². The number of pyridine rings is 1. The van der Waals surface area contributed by atoms with Crippen molar-refractivity contribution in [1.29, 1.82) is 0 Å². The maximum absolute atomic E-state index is 11.8. The standard InChI is InChI=1S/C23H25N5O2/c1-15(29)25-23-9-8-19(13-24-23)18-6-4-17(5-7-18)12-21-20-14-28(16(2)30)11-10-22(20)27(3)26-21/h4-9,13H,10-12,14H2,1-3H3,(H,24,25,29). The Morgan fingerprint density at radius 2 is 1.80 bits per heavy atom. The maximum Gasteiger partial charge on any atom is 0.222 e. The SMILES string of the molecule is CC(=O)Nc1ccc(-c2ccc(Cc3nn(C)c4c3CN(C(C)=O)CC4)cc2)cn1. The van der Waals surface area contributed by atoms with Gasteiger partial charge in [0.1, 0.15) is 5.82 Å². The van der Waals surface area contributed by atoms with Gasteiger partial charge in [0.15, 0.2) is 0 Å². The molecule has 7 heteroatoms. The summed E-state index contributed by atoms with van der Waals surface area (Å²) in [7, 11) is 1.98. The maximum atomic E-state index is 11.8. The fourth-order valence-electron chi connectivity index (χ4n) is 3.91. The number of aryl methyl sites for hydroxylation is 1. The molecule has 3 aromatic rings. The molecule has 0 fully saturated rings. The van der Waals surface area contributed by atoms with Gasteiger partial charge >= 0.3 is 0 Å². The zero-order chi connectivity index (χ0) is 21.3. The van der Waals surface area contributed by atoms with Gasteiger partial charge in [-0.05, 0) is 23.3 Å². The number of nitrogens with zero attached hydrogens (tertiary/aromatic N) is 4. The van der Waals surface area contributed by atoms with Gasteiger partial charge in [0.25, 0.3) is 0 Å². The Balaban J connectivity index is 1.51. The molecule has 2 amide bonds. The summed E-state index contributed by atoms with van der Waals surface area (Å²) in [6.45, 7) is 4.48. The Morgan fingerprint density at radius 1 is 1.07 bits per heavy atom. The second-order valence-electron chi connectivity index (χ2n) is 7.67. The number of amides is 2. The summed E-state index contributed by atoms with van der Waals surface area (Å²) in [4.78, 5) is 29.1. The highest BCUT2D eigenvalue weighted by Gasteiger charge is 2.25. The van der Waals surface area contributed by atoms with Crippen molar-refractivity contribution in [3.8, 4) is 11.1 Å². The molecule has 0 radical (unpaired) electrons. The van der Waals surface area contributed by atoms with Crippen LogP contribution in [-0.4, -0.2) is 38.0 Å². The van der Waals surface area contributed by atoms with Gasteiger partial charge in [-0.3, -0.25) is 14.3 Å². The van der Waals surface area contributed by atoms with E-state index >= 15 is 0 Å². The lowest BCUT2D eigenvalue weighted by Crippen LogP contribution is -2.34. The van der Waals surface area contributed by atoms with E-state index in [0.29, 0.717) is 12.4 Å². The van der Waals surface area contributed by atoms with Crippen LogP contribution in [0.15, 0.2) is 42.6 Å². The van der Waals surface area contributed by atoms with Crippen LogP contribution in [0.25, 0.3) is 11.1 Å². The van der Waals surface area contributed by atoms with E-state index in [2.05, 4.69) is 34.6 Å². The number of rotatable bonds is 4. The molecule has 0 bridgehead atoms. The number of carbonyl (C=O) groups excluding carboxylic acids is 2.